The summed E-state index contributed by atoms with van der Waals surface area (Å²) < 4.78 is 21.5. The zero-order valence-corrected chi connectivity index (χ0v) is 10.6. The van der Waals surface area contributed by atoms with E-state index in [9.17, 15) is 4.39 Å². The molecule has 4 nitrogen and oxygen atoms in total. The lowest BCUT2D eigenvalue weighted by Crippen LogP contribution is -2.28. The Morgan fingerprint density at radius 1 is 1.32 bits per heavy atom. The fourth-order valence-electron chi connectivity index (χ4n) is 2.92. The first-order chi connectivity index (χ1) is 9.25. The molecule has 4 rings (SSSR count). The van der Waals surface area contributed by atoms with Crippen LogP contribution in [0.25, 0.3) is 11.0 Å². The van der Waals surface area contributed by atoms with Crippen LogP contribution in [0.2, 0.25) is 0 Å². The van der Waals surface area contributed by atoms with Crippen molar-refractivity contribution in [2.45, 2.75) is 30.8 Å². The van der Waals surface area contributed by atoms with Gasteiger partial charge in [-0.05, 0) is 25.0 Å². The zero-order chi connectivity index (χ0) is 13.0. The maximum Gasteiger partial charge on any atom is 0.151 e. The number of fused-ring (bicyclic) bond motifs is 1. The highest BCUT2D eigenvalue weighted by Crippen LogP contribution is 2.41. The van der Waals surface area contributed by atoms with E-state index in [1.165, 1.54) is 6.07 Å². The first-order valence-corrected chi connectivity index (χ1v) is 6.75. The smallest absolute Gasteiger partial charge is 0.151 e. The Morgan fingerprint density at radius 3 is 2.84 bits per heavy atom. The Kier molecular flexibility index (Phi) is 2.40. The van der Waals surface area contributed by atoms with Crippen LogP contribution in [0.3, 0.4) is 0 Å². The van der Waals surface area contributed by atoms with E-state index in [1.54, 1.807) is 6.07 Å². The molecule has 19 heavy (non-hydrogen) atoms. The SMILES string of the molecule is NC1COCC1c1nc2c(F)cccc2n1C1CC1. The molecular formula is C14H16FN3O. The molecule has 1 aromatic carbocycles. The molecule has 100 valence electrons. The summed E-state index contributed by atoms with van der Waals surface area (Å²) in [6.45, 7) is 1.14. The molecule has 5 heteroatoms. The van der Waals surface area contributed by atoms with E-state index in [0.29, 0.717) is 24.8 Å². The molecular weight excluding hydrogens is 245 g/mol. The van der Waals surface area contributed by atoms with Gasteiger partial charge < -0.3 is 15.0 Å². The number of para-hydroxylation sites is 1. The van der Waals surface area contributed by atoms with Gasteiger partial charge in [0.2, 0.25) is 0 Å². The normalized spacial score (nSPS) is 27.3. The minimum atomic E-state index is -0.259. The molecule has 2 heterocycles. The maximum atomic E-state index is 13.9. The summed E-state index contributed by atoms with van der Waals surface area (Å²) in [7, 11) is 0. The topological polar surface area (TPSA) is 53.1 Å². The van der Waals surface area contributed by atoms with E-state index >= 15 is 0 Å². The van der Waals surface area contributed by atoms with E-state index in [1.807, 2.05) is 6.07 Å². The number of ether oxygens (including phenoxy) is 1. The number of hydrogen-bond donors (Lipinski definition) is 1. The van der Waals surface area contributed by atoms with E-state index in [0.717, 1.165) is 24.2 Å². The molecule has 0 radical (unpaired) electrons. The summed E-state index contributed by atoms with van der Waals surface area (Å²) in [6, 6.07) is 5.55. The Morgan fingerprint density at radius 2 is 2.16 bits per heavy atom. The fraction of sp³-hybridized carbons (Fsp3) is 0.500. The van der Waals surface area contributed by atoms with Gasteiger partial charge in [0.15, 0.2) is 5.82 Å². The fourth-order valence-corrected chi connectivity index (χ4v) is 2.92. The second-order valence-corrected chi connectivity index (χ2v) is 5.49. The number of benzene rings is 1. The molecule has 2 aliphatic rings. The molecule has 2 aromatic rings. The molecule has 1 saturated heterocycles. The number of nitrogens with two attached hydrogens (primary N) is 1. The molecule has 2 atom stereocenters. The van der Waals surface area contributed by atoms with Crippen LogP contribution in [0.15, 0.2) is 18.2 Å². The minimum absolute atomic E-state index is 0.0441. The third kappa shape index (κ3) is 1.69. The maximum absolute atomic E-state index is 13.9. The average Bonchev–Trinajstić information content (AvgIpc) is 3.02. The molecule has 2 N–H and O–H groups in total. The predicted octanol–water partition coefficient (Wildman–Crippen LogP) is 1.95. The Bertz CT molecular complexity index is 635. The van der Waals surface area contributed by atoms with Gasteiger partial charge in [0.25, 0.3) is 0 Å². The number of rotatable bonds is 2. The predicted molar refractivity (Wildman–Crippen MR) is 69.5 cm³/mol. The van der Waals surface area contributed by atoms with E-state index in [4.69, 9.17) is 10.5 Å². The molecule has 1 aliphatic heterocycles. The quantitative estimate of drug-likeness (QED) is 0.899. The van der Waals surface area contributed by atoms with Crippen LogP contribution >= 0.6 is 0 Å². The second-order valence-electron chi connectivity index (χ2n) is 5.49. The van der Waals surface area contributed by atoms with Gasteiger partial charge in [-0.3, -0.25) is 0 Å². The largest absolute Gasteiger partial charge is 0.379 e. The van der Waals surface area contributed by atoms with Crippen LogP contribution < -0.4 is 5.73 Å². The summed E-state index contributed by atoms with van der Waals surface area (Å²) in [5.74, 6) is 0.714. The lowest BCUT2D eigenvalue weighted by molar-refractivity contribution is 0.190. The van der Waals surface area contributed by atoms with Gasteiger partial charge in [-0.1, -0.05) is 6.07 Å². The van der Waals surface area contributed by atoms with Crippen molar-refractivity contribution in [3.8, 4) is 0 Å². The summed E-state index contributed by atoms with van der Waals surface area (Å²) >= 11 is 0. The van der Waals surface area contributed by atoms with Gasteiger partial charge in [-0.2, -0.15) is 0 Å². The van der Waals surface area contributed by atoms with Crippen molar-refractivity contribution >= 4 is 11.0 Å². The Balaban J connectivity index is 1.93. The third-order valence-corrected chi connectivity index (χ3v) is 4.07. The summed E-state index contributed by atoms with van der Waals surface area (Å²) in [6.07, 6.45) is 2.27. The first-order valence-electron chi connectivity index (χ1n) is 6.75. The molecule has 1 saturated carbocycles. The number of aromatic nitrogens is 2. The van der Waals surface area contributed by atoms with Gasteiger partial charge in [0.05, 0.1) is 24.6 Å². The van der Waals surface area contributed by atoms with Crippen molar-refractivity contribution in [1.29, 1.82) is 0 Å². The van der Waals surface area contributed by atoms with Gasteiger partial charge in [-0.25, -0.2) is 9.37 Å². The van der Waals surface area contributed by atoms with Gasteiger partial charge in [-0.15, -0.1) is 0 Å². The molecule has 0 amide bonds. The standard InChI is InChI=1S/C14H16FN3O/c15-10-2-1-3-12-13(10)17-14(18(12)8-4-5-8)9-6-19-7-11(9)16/h1-3,8-9,11H,4-7,16H2. The van der Waals surface area contributed by atoms with E-state index in [2.05, 4.69) is 9.55 Å². The van der Waals surface area contributed by atoms with E-state index in [-0.39, 0.29) is 17.8 Å². The Hall–Kier alpha value is -1.46. The summed E-state index contributed by atoms with van der Waals surface area (Å²) in [5.41, 5.74) is 7.44. The Labute approximate surface area is 110 Å². The van der Waals surface area contributed by atoms with Crippen molar-refractivity contribution in [1.82, 2.24) is 9.55 Å². The minimum Gasteiger partial charge on any atom is -0.379 e. The van der Waals surface area contributed by atoms with Crippen LogP contribution in [0.4, 0.5) is 4.39 Å². The molecule has 1 aromatic heterocycles. The van der Waals surface area contributed by atoms with Gasteiger partial charge in [0.1, 0.15) is 11.3 Å². The summed E-state index contributed by atoms with van der Waals surface area (Å²) in [5, 5.41) is 0. The second kappa shape index (κ2) is 4.02. The number of imidazole rings is 1. The summed E-state index contributed by atoms with van der Waals surface area (Å²) in [4.78, 5) is 4.53. The van der Waals surface area contributed by atoms with Crippen LogP contribution in [-0.4, -0.2) is 28.8 Å². The van der Waals surface area contributed by atoms with E-state index < -0.39 is 0 Å². The molecule has 2 unspecified atom stereocenters. The van der Waals surface area contributed by atoms with Crippen LogP contribution in [0.5, 0.6) is 0 Å². The number of hydrogen-bond acceptors (Lipinski definition) is 3. The van der Waals surface area contributed by atoms with Crippen molar-refractivity contribution in [3.05, 3.63) is 29.8 Å². The van der Waals surface area contributed by atoms with Gasteiger partial charge in [0, 0.05) is 12.1 Å². The first kappa shape index (κ1) is 11.4. The monoisotopic (exact) mass is 261 g/mol. The average molecular weight is 261 g/mol. The molecule has 2 fully saturated rings. The highest BCUT2D eigenvalue weighted by atomic mass is 19.1. The molecule has 0 spiro atoms. The lowest BCUT2D eigenvalue weighted by atomic mass is 10.0. The van der Waals surface area contributed by atoms with Crippen LogP contribution in [0, 0.1) is 5.82 Å². The van der Waals surface area contributed by atoms with Crippen molar-refractivity contribution in [2.75, 3.05) is 13.2 Å². The van der Waals surface area contributed by atoms with Gasteiger partial charge >= 0.3 is 0 Å². The molecule has 1 aliphatic carbocycles. The van der Waals surface area contributed by atoms with Crippen molar-refractivity contribution < 1.29 is 9.13 Å². The molecule has 0 bridgehead atoms. The third-order valence-electron chi connectivity index (χ3n) is 4.07. The van der Waals surface area contributed by atoms with Crippen LogP contribution in [-0.2, 0) is 4.74 Å². The van der Waals surface area contributed by atoms with Crippen molar-refractivity contribution in [3.63, 3.8) is 0 Å². The van der Waals surface area contributed by atoms with Crippen molar-refractivity contribution in [2.24, 2.45) is 5.73 Å². The zero-order valence-electron chi connectivity index (χ0n) is 10.6. The highest BCUT2D eigenvalue weighted by Gasteiger charge is 2.36. The lowest BCUT2D eigenvalue weighted by Gasteiger charge is -2.15. The highest BCUT2D eigenvalue weighted by molar-refractivity contribution is 5.77. The number of halogens is 1. The number of nitrogens with zero attached hydrogens (tertiary/aromatic N) is 2. The van der Waals surface area contributed by atoms with Crippen LogP contribution in [0.1, 0.15) is 30.6 Å².